The standard InChI is InChI=1S/C16H20N2/c1-11-5-7-15(13(3)9-11)17-18-16-8-6-12(2)10-14(16)4/h5-10,17-18H,1-4H3. The molecule has 0 atom stereocenters. The van der Waals surface area contributed by atoms with Gasteiger partial charge in [-0.2, -0.15) is 0 Å². The van der Waals surface area contributed by atoms with E-state index in [2.05, 4.69) is 74.9 Å². The van der Waals surface area contributed by atoms with Crippen LogP contribution in [0.1, 0.15) is 22.3 Å². The average molecular weight is 240 g/mol. The predicted molar refractivity (Wildman–Crippen MR) is 79.1 cm³/mol. The number of hydrogen-bond donors (Lipinski definition) is 2. The van der Waals surface area contributed by atoms with E-state index in [0.29, 0.717) is 0 Å². The van der Waals surface area contributed by atoms with Crippen LogP contribution in [0.3, 0.4) is 0 Å². The summed E-state index contributed by atoms with van der Waals surface area (Å²) in [6, 6.07) is 12.8. The Morgan fingerprint density at radius 2 is 1.00 bits per heavy atom. The Hall–Kier alpha value is -1.96. The van der Waals surface area contributed by atoms with Gasteiger partial charge < -0.3 is 10.9 Å². The Labute approximate surface area is 109 Å². The van der Waals surface area contributed by atoms with E-state index in [9.17, 15) is 0 Å². The van der Waals surface area contributed by atoms with Crippen molar-refractivity contribution in [1.29, 1.82) is 0 Å². The highest BCUT2D eigenvalue weighted by molar-refractivity contribution is 5.59. The lowest BCUT2D eigenvalue weighted by Crippen LogP contribution is -2.10. The number of hydrogen-bond acceptors (Lipinski definition) is 2. The summed E-state index contributed by atoms with van der Waals surface area (Å²) in [5.41, 5.74) is 13.8. The fourth-order valence-corrected chi connectivity index (χ4v) is 2.04. The monoisotopic (exact) mass is 240 g/mol. The molecule has 0 saturated carbocycles. The molecule has 0 aliphatic rings. The zero-order valence-electron chi connectivity index (χ0n) is 11.5. The van der Waals surface area contributed by atoms with Gasteiger partial charge >= 0.3 is 0 Å². The van der Waals surface area contributed by atoms with Crippen LogP contribution >= 0.6 is 0 Å². The molecule has 2 heteroatoms. The SMILES string of the molecule is Cc1ccc(NNc2ccc(C)cc2C)c(C)c1. The molecule has 2 aromatic rings. The minimum atomic E-state index is 1.11. The van der Waals surface area contributed by atoms with E-state index >= 15 is 0 Å². The van der Waals surface area contributed by atoms with Gasteiger partial charge in [0.25, 0.3) is 0 Å². The fraction of sp³-hybridized carbons (Fsp3) is 0.250. The van der Waals surface area contributed by atoms with E-state index in [1.807, 2.05) is 0 Å². The zero-order valence-corrected chi connectivity index (χ0v) is 11.5. The molecule has 0 radical (unpaired) electrons. The Morgan fingerprint density at radius 3 is 1.33 bits per heavy atom. The van der Waals surface area contributed by atoms with Gasteiger partial charge in [-0.05, 0) is 51.0 Å². The van der Waals surface area contributed by atoms with Crippen molar-refractivity contribution in [2.75, 3.05) is 10.9 Å². The molecule has 0 bridgehead atoms. The van der Waals surface area contributed by atoms with Crippen LogP contribution in [-0.4, -0.2) is 0 Å². The number of benzene rings is 2. The van der Waals surface area contributed by atoms with Crippen LogP contribution in [0.2, 0.25) is 0 Å². The van der Waals surface area contributed by atoms with Crippen molar-refractivity contribution >= 4 is 11.4 Å². The van der Waals surface area contributed by atoms with Gasteiger partial charge in [-0.3, -0.25) is 0 Å². The van der Waals surface area contributed by atoms with Crippen LogP contribution in [0.4, 0.5) is 11.4 Å². The molecule has 0 fully saturated rings. The lowest BCUT2D eigenvalue weighted by Gasteiger charge is -2.14. The fourth-order valence-electron chi connectivity index (χ4n) is 2.04. The van der Waals surface area contributed by atoms with Crippen molar-refractivity contribution in [3.05, 3.63) is 58.7 Å². The van der Waals surface area contributed by atoms with Gasteiger partial charge in [-0.25, -0.2) is 0 Å². The summed E-state index contributed by atoms with van der Waals surface area (Å²) in [5, 5.41) is 0. The Kier molecular flexibility index (Phi) is 3.56. The third kappa shape index (κ3) is 2.83. The first-order chi connectivity index (χ1) is 8.56. The van der Waals surface area contributed by atoms with Crippen LogP contribution in [0.25, 0.3) is 0 Å². The van der Waals surface area contributed by atoms with E-state index in [1.165, 1.54) is 22.3 Å². The molecule has 0 spiro atoms. The molecule has 2 aromatic carbocycles. The number of nitrogens with one attached hydrogen (secondary N) is 2. The van der Waals surface area contributed by atoms with E-state index in [4.69, 9.17) is 0 Å². The van der Waals surface area contributed by atoms with Crippen LogP contribution in [-0.2, 0) is 0 Å². The molecule has 0 aliphatic heterocycles. The second kappa shape index (κ2) is 5.13. The summed E-state index contributed by atoms with van der Waals surface area (Å²) in [4.78, 5) is 0. The summed E-state index contributed by atoms with van der Waals surface area (Å²) >= 11 is 0. The highest BCUT2D eigenvalue weighted by Crippen LogP contribution is 2.19. The van der Waals surface area contributed by atoms with E-state index in [-0.39, 0.29) is 0 Å². The van der Waals surface area contributed by atoms with Gasteiger partial charge in [0.15, 0.2) is 0 Å². The number of aryl methyl sites for hydroxylation is 4. The van der Waals surface area contributed by atoms with E-state index in [1.54, 1.807) is 0 Å². The molecule has 2 nitrogen and oxygen atoms in total. The quantitative estimate of drug-likeness (QED) is 0.779. The lowest BCUT2D eigenvalue weighted by molar-refractivity contribution is 1.30. The van der Waals surface area contributed by atoms with Crippen molar-refractivity contribution in [2.24, 2.45) is 0 Å². The Morgan fingerprint density at radius 1 is 0.611 bits per heavy atom. The maximum atomic E-state index is 3.27. The second-order valence-electron chi connectivity index (χ2n) is 4.89. The average Bonchev–Trinajstić information content (AvgIpc) is 2.30. The van der Waals surface area contributed by atoms with E-state index in [0.717, 1.165) is 11.4 Å². The summed E-state index contributed by atoms with van der Waals surface area (Å²) in [6.07, 6.45) is 0. The third-order valence-corrected chi connectivity index (χ3v) is 3.10. The highest BCUT2D eigenvalue weighted by Gasteiger charge is 2.00. The third-order valence-electron chi connectivity index (χ3n) is 3.10. The van der Waals surface area contributed by atoms with Gasteiger partial charge in [-0.15, -0.1) is 0 Å². The lowest BCUT2D eigenvalue weighted by atomic mass is 10.1. The van der Waals surface area contributed by atoms with Crippen LogP contribution in [0.5, 0.6) is 0 Å². The highest BCUT2D eigenvalue weighted by atomic mass is 15.4. The minimum Gasteiger partial charge on any atom is -0.301 e. The first-order valence-electron chi connectivity index (χ1n) is 6.23. The smallest absolute Gasteiger partial charge is 0.0569 e. The molecular formula is C16H20N2. The van der Waals surface area contributed by atoms with Gasteiger partial charge in [-0.1, -0.05) is 35.4 Å². The molecule has 18 heavy (non-hydrogen) atoms. The normalized spacial score (nSPS) is 10.2. The van der Waals surface area contributed by atoms with Crippen molar-refractivity contribution in [1.82, 2.24) is 0 Å². The van der Waals surface area contributed by atoms with Crippen LogP contribution < -0.4 is 10.9 Å². The molecule has 0 heterocycles. The largest absolute Gasteiger partial charge is 0.301 e. The second-order valence-corrected chi connectivity index (χ2v) is 4.89. The molecule has 0 unspecified atom stereocenters. The topological polar surface area (TPSA) is 24.1 Å². The van der Waals surface area contributed by atoms with Gasteiger partial charge in [0.2, 0.25) is 0 Å². The van der Waals surface area contributed by atoms with Gasteiger partial charge in [0, 0.05) is 0 Å². The minimum absolute atomic E-state index is 1.11. The Bertz CT molecular complexity index is 508. The van der Waals surface area contributed by atoms with Gasteiger partial charge in [0.1, 0.15) is 0 Å². The van der Waals surface area contributed by atoms with Crippen LogP contribution in [0, 0.1) is 27.7 Å². The maximum Gasteiger partial charge on any atom is 0.0569 e. The molecular weight excluding hydrogens is 220 g/mol. The summed E-state index contributed by atoms with van der Waals surface area (Å²) in [7, 11) is 0. The van der Waals surface area contributed by atoms with Crippen molar-refractivity contribution in [2.45, 2.75) is 27.7 Å². The van der Waals surface area contributed by atoms with Crippen molar-refractivity contribution in [3.8, 4) is 0 Å². The molecule has 2 rings (SSSR count). The number of hydrazine groups is 1. The van der Waals surface area contributed by atoms with Gasteiger partial charge in [0.05, 0.1) is 11.4 Å². The molecule has 94 valence electrons. The summed E-state index contributed by atoms with van der Waals surface area (Å²) in [6.45, 7) is 8.43. The molecule has 0 amide bonds. The first-order valence-corrected chi connectivity index (χ1v) is 6.23. The first kappa shape index (κ1) is 12.5. The number of rotatable bonds is 3. The molecule has 0 aliphatic carbocycles. The molecule has 0 saturated heterocycles. The van der Waals surface area contributed by atoms with Crippen molar-refractivity contribution in [3.63, 3.8) is 0 Å². The Balaban J connectivity index is 2.11. The predicted octanol–water partition coefficient (Wildman–Crippen LogP) is 4.36. The van der Waals surface area contributed by atoms with Crippen LogP contribution in [0.15, 0.2) is 36.4 Å². The summed E-state index contributed by atoms with van der Waals surface area (Å²) < 4.78 is 0. The maximum absolute atomic E-state index is 3.27. The van der Waals surface area contributed by atoms with E-state index < -0.39 is 0 Å². The number of anilines is 2. The summed E-state index contributed by atoms with van der Waals surface area (Å²) in [5.74, 6) is 0. The molecule has 0 aromatic heterocycles. The van der Waals surface area contributed by atoms with Crippen molar-refractivity contribution < 1.29 is 0 Å². The zero-order chi connectivity index (χ0) is 13.1. The molecule has 2 N–H and O–H groups in total.